The van der Waals surface area contributed by atoms with Gasteiger partial charge in [0, 0.05) is 22.1 Å². The Morgan fingerprint density at radius 3 is 2.67 bits per heavy atom. The normalized spacial score (nSPS) is 14.9. The van der Waals surface area contributed by atoms with E-state index in [0.29, 0.717) is 5.25 Å². The van der Waals surface area contributed by atoms with Gasteiger partial charge >= 0.3 is 0 Å². The lowest BCUT2D eigenvalue weighted by atomic mass is 10.2. The zero-order valence-corrected chi connectivity index (χ0v) is 10.8. The molecule has 1 rings (SSSR count). The number of rotatable bonds is 5. The Balaban J connectivity index is 2.47. The molecule has 0 fully saturated rings. The van der Waals surface area contributed by atoms with Gasteiger partial charge in [-0.25, -0.2) is 0 Å². The largest absolute Gasteiger partial charge is 0.327 e. The van der Waals surface area contributed by atoms with Crippen LogP contribution in [0.25, 0.3) is 0 Å². The van der Waals surface area contributed by atoms with Gasteiger partial charge in [0.1, 0.15) is 0 Å². The first-order valence-electron chi connectivity index (χ1n) is 5.25. The molecule has 2 unspecified atom stereocenters. The highest BCUT2D eigenvalue weighted by atomic mass is 35.5. The van der Waals surface area contributed by atoms with Crippen LogP contribution in [0.4, 0.5) is 0 Å². The molecule has 1 nitrogen and oxygen atoms in total. The Bertz CT molecular complexity index is 303. The molecule has 0 radical (unpaired) electrons. The third kappa shape index (κ3) is 4.06. The first-order valence-corrected chi connectivity index (χ1v) is 6.68. The van der Waals surface area contributed by atoms with Gasteiger partial charge in [0.2, 0.25) is 0 Å². The van der Waals surface area contributed by atoms with Crippen LogP contribution < -0.4 is 5.73 Å². The van der Waals surface area contributed by atoms with Gasteiger partial charge in [0.25, 0.3) is 0 Å². The van der Waals surface area contributed by atoms with E-state index in [9.17, 15) is 0 Å². The second-order valence-electron chi connectivity index (χ2n) is 3.68. The molecule has 84 valence electrons. The molecule has 0 heterocycles. The molecular weight excluding hydrogens is 226 g/mol. The third-order valence-electron chi connectivity index (χ3n) is 2.53. The maximum Gasteiger partial charge on any atom is 0.0446 e. The molecule has 0 aliphatic heterocycles. The van der Waals surface area contributed by atoms with Gasteiger partial charge in [-0.15, -0.1) is 0 Å². The highest BCUT2D eigenvalue weighted by Crippen LogP contribution is 2.24. The Kier molecular flexibility index (Phi) is 5.51. The third-order valence-corrected chi connectivity index (χ3v) is 4.26. The minimum absolute atomic E-state index is 0.275. The predicted octanol–water partition coefficient (Wildman–Crippen LogP) is 3.70. The molecule has 2 N–H and O–H groups in total. The summed E-state index contributed by atoms with van der Waals surface area (Å²) in [5.74, 6) is 0.939. The van der Waals surface area contributed by atoms with E-state index in [4.69, 9.17) is 17.3 Å². The van der Waals surface area contributed by atoms with Crippen molar-refractivity contribution in [2.75, 3.05) is 0 Å². The van der Waals surface area contributed by atoms with Crippen molar-refractivity contribution >= 4 is 23.4 Å². The van der Waals surface area contributed by atoms with Crippen molar-refractivity contribution in [1.82, 2.24) is 0 Å². The minimum Gasteiger partial charge on any atom is -0.327 e. The second kappa shape index (κ2) is 6.41. The molecule has 0 amide bonds. The van der Waals surface area contributed by atoms with Crippen LogP contribution in [0.2, 0.25) is 5.02 Å². The number of hydrogen-bond acceptors (Lipinski definition) is 2. The van der Waals surface area contributed by atoms with Crippen molar-refractivity contribution < 1.29 is 0 Å². The number of hydrogen-bond donors (Lipinski definition) is 1. The fourth-order valence-electron chi connectivity index (χ4n) is 1.29. The van der Waals surface area contributed by atoms with Gasteiger partial charge in [0.15, 0.2) is 0 Å². The minimum atomic E-state index is 0.275. The van der Waals surface area contributed by atoms with Gasteiger partial charge in [0.05, 0.1) is 0 Å². The molecule has 2 atom stereocenters. The van der Waals surface area contributed by atoms with Crippen molar-refractivity contribution in [2.45, 2.75) is 37.3 Å². The summed E-state index contributed by atoms with van der Waals surface area (Å²) in [4.78, 5) is 0. The number of halogens is 1. The lowest BCUT2D eigenvalue weighted by Crippen LogP contribution is -2.29. The lowest BCUT2D eigenvalue weighted by molar-refractivity contribution is 0.642. The molecule has 0 aliphatic rings. The molecule has 0 bridgehead atoms. The van der Waals surface area contributed by atoms with Crippen molar-refractivity contribution in [1.29, 1.82) is 0 Å². The molecule has 0 saturated carbocycles. The summed E-state index contributed by atoms with van der Waals surface area (Å²) in [5, 5.41) is 1.33. The Morgan fingerprint density at radius 1 is 1.40 bits per heavy atom. The molecule has 1 aromatic rings. The van der Waals surface area contributed by atoms with Crippen LogP contribution >= 0.6 is 23.4 Å². The molecule has 0 aliphatic carbocycles. The van der Waals surface area contributed by atoms with Gasteiger partial charge in [-0.2, -0.15) is 11.8 Å². The quantitative estimate of drug-likeness (QED) is 0.854. The highest BCUT2D eigenvalue weighted by molar-refractivity contribution is 7.99. The van der Waals surface area contributed by atoms with Crippen molar-refractivity contribution in [3.63, 3.8) is 0 Å². The molecule has 15 heavy (non-hydrogen) atoms. The monoisotopic (exact) mass is 243 g/mol. The van der Waals surface area contributed by atoms with E-state index in [0.717, 1.165) is 17.2 Å². The zero-order valence-electron chi connectivity index (χ0n) is 9.24. The van der Waals surface area contributed by atoms with E-state index in [2.05, 4.69) is 19.9 Å². The van der Waals surface area contributed by atoms with Crippen molar-refractivity contribution in [3.05, 3.63) is 34.9 Å². The lowest BCUT2D eigenvalue weighted by Gasteiger charge is -2.17. The second-order valence-corrected chi connectivity index (χ2v) is 5.45. The van der Waals surface area contributed by atoms with Crippen LogP contribution in [0.15, 0.2) is 24.3 Å². The first-order chi connectivity index (χ1) is 7.15. The van der Waals surface area contributed by atoms with Crippen LogP contribution in [-0.4, -0.2) is 11.3 Å². The highest BCUT2D eigenvalue weighted by Gasteiger charge is 2.11. The number of nitrogens with two attached hydrogens (primary N) is 1. The van der Waals surface area contributed by atoms with Crippen LogP contribution in [0.5, 0.6) is 0 Å². The van der Waals surface area contributed by atoms with Crippen molar-refractivity contribution in [2.24, 2.45) is 5.73 Å². The number of thioether (sulfide) groups is 1. The topological polar surface area (TPSA) is 26.0 Å². The average Bonchev–Trinajstić information content (AvgIpc) is 2.26. The zero-order chi connectivity index (χ0) is 11.3. The first kappa shape index (κ1) is 12.9. The van der Waals surface area contributed by atoms with E-state index >= 15 is 0 Å². The van der Waals surface area contributed by atoms with Gasteiger partial charge in [-0.3, -0.25) is 0 Å². The van der Waals surface area contributed by atoms with E-state index in [1.54, 1.807) is 0 Å². The smallest absolute Gasteiger partial charge is 0.0446 e. The standard InChI is InChI=1S/C12H18ClNS/c1-3-12(14)9(2)15-8-10-6-4-5-7-11(10)13/h4-7,9,12H,3,8,14H2,1-2H3. The summed E-state index contributed by atoms with van der Waals surface area (Å²) < 4.78 is 0. The summed E-state index contributed by atoms with van der Waals surface area (Å²) >= 11 is 7.94. The van der Waals surface area contributed by atoms with Crippen LogP contribution in [-0.2, 0) is 5.75 Å². The fourth-order valence-corrected chi connectivity index (χ4v) is 2.71. The Labute approximate surface area is 101 Å². The Morgan fingerprint density at radius 2 is 2.07 bits per heavy atom. The SMILES string of the molecule is CCC(N)C(C)SCc1ccccc1Cl. The van der Waals surface area contributed by atoms with Crippen molar-refractivity contribution in [3.8, 4) is 0 Å². The molecule has 0 saturated heterocycles. The summed E-state index contributed by atoms with van der Waals surface area (Å²) in [6.45, 7) is 4.30. The molecule has 0 aromatic heterocycles. The molecule has 0 spiro atoms. The van der Waals surface area contributed by atoms with Gasteiger partial charge < -0.3 is 5.73 Å². The van der Waals surface area contributed by atoms with E-state index < -0.39 is 0 Å². The van der Waals surface area contributed by atoms with Crippen LogP contribution in [0.3, 0.4) is 0 Å². The maximum absolute atomic E-state index is 6.08. The van der Waals surface area contributed by atoms with E-state index in [1.807, 2.05) is 30.0 Å². The van der Waals surface area contributed by atoms with E-state index in [-0.39, 0.29) is 6.04 Å². The molecule has 3 heteroatoms. The van der Waals surface area contributed by atoms with Gasteiger partial charge in [-0.1, -0.05) is 43.6 Å². The summed E-state index contributed by atoms with van der Waals surface area (Å²) in [5.41, 5.74) is 7.16. The average molecular weight is 244 g/mol. The summed E-state index contributed by atoms with van der Waals surface area (Å²) in [7, 11) is 0. The Hall–Kier alpha value is -0.180. The summed E-state index contributed by atoms with van der Waals surface area (Å²) in [6.07, 6.45) is 1.02. The number of benzene rings is 1. The predicted molar refractivity (Wildman–Crippen MR) is 70.5 cm³/mol. The van der Waals surface area contributed by atoms with Gasteiger partial charge in [-0.05, 0) is 18.1 Å². The fraction of sp³-hybridized carbons (Fsp3) is 0.500. The van der Waals surface area contributed by atoms with E-state index in [1.165, 1.54) is 5.56 Å². The van der Waals surface area contributed by atoms with Crippen LogP contribution in [0.1, 0.15) is 25.8 Å². The molecule has 1 aromatic carbocycles. The molecular formula is C12H18ClNS. The maximum atomic E-state index is 6.08. The van der Waals surface area contributed by atoms with Crippen LogP contribution in [0, 0.1) is 0 Å². The summed E-state index contributed by atoms with van der Waals surface area (Å²) in [6, 6.07) is 8.25.